The molecule has 164 valence electrons. The molecule has 0 bridgehead atoms. The van der Waals surface area contributed by atoms with Crippen LogP contribution in [-0.4, -0.2) is 21.8 Å². The van der Waals surface area contributed by atoms with E-state index in [9.17, 15) is 9.90 Å². The molecule has 0 unspecified atom stereocenters. The van der Waals surface area contributed by atoms with E-state index in [1.165, 1.54) is 11.4 Å². The van der Waals surface area contributed by atoms with E-state index in [4.69, 9.17) is 4.74 Å². The van der Waals surface area contributed by atoms with Crippen molar-refractivity contribution in [2.24, 2.45) is 5.10 Å². The Labute approximate surface area is 193 Å². The van der Waals surface area contributed by atoms with Crippen LogP contribution in [0.4, 0.5) is 0 Å². The molecular formula is C25H29BrN2O3. The summed E-state index contributed by atoms with van der Waals surface area (Å²) in [6.45, 7) is 8.56. The van der Waals surface area contributed by atoms with Crippen molar-refractivity contribution < 1.29 is 14.6 Å². The Morgan fingerprint density at radius 2 is 1.74 bits per heavy atom. The molecule has 0 radical (unpaired) electrons. The lowest BCUT2D eigenvalue weighted by molar-refractivity contribution is -0.134. The molecule has 2 aromatic carbocycles. The fraction of sp³-hybridized carbons (Fsp3) is 0.280. The number of benzene rings is 2. The van der Waals surface area contributed by atoms with Gasteiger partial charge in [-0.1, -0.05) is 78.7 Å². The maximum Gasteiger partial charge on any atom is 0.358 e. The van der Waals surface area contributed by atoms with Crippen molar-refractivity contribution in [1.82, 2.24) is 5.01 Å². The molecular weight excluding hydrogens is 456 g/mol. The smallest absolute Gasteiger partial charge is 0.358 e. The van der Waals surface area contributed by atoms with Crippen molar-refractivity contribution >= 4 is 33.4 Å². The molecule has 1 aliphatic rings. The van der Waals surface area contributed by atoms with Crippen LogP contribution in [0.5, 0.6) is 0 Å². The number of ether oxygens (including phenoxy) is 1. The molecule has 0 fully saturated rings. The highest BCUT2D eigenvalue weighted by Gasteiger charge is 2.32. The zero-order valence-electron chi connectivity index (χ0n) is 18.4. The summed E-state index contributed by atoms with van der Waals surface area (Å²) in [5, 5.41) is 15.7. The quantitative estimate of drug-likeness (QED) is 0.399. The average molecular weight is 485 g/mol. The fourth-order valence-corrected chi connectivity index (χ4v) is 3.31. The van der Waals surface area contributed by atoms with Gasteiger partial charge in [-0.2, -0.15) is 5.10 Å². The van der Waals surface area contributed by atoms with Gasteiger partial charge >= 0.3 is 5.97 Å². The van der Waals surface area contributed by atoms with Crippen LogP contribution in [0.25, 0.3) is 5.76 Å². The largest absolute Gasteiger partial charge is 0.486 e. The van der Waals surface area contributed by atoms with Crippen LogP contribution >= 0.6 is 15.9 Å². The summed E-state index contributed by atoms with van der Waals surface area (Å²) < 4.78 is 6.90. The second kappa shape index (κ2) is 13.3. The Bertz CT molecular complexity index is 946. The molecule has 6 heteroatoms. The van der Waals surface area contributed by atoms with E-state index in [0.29, 0.717) is 12.3 Å². The number of terminal acetylenes is 1. The van der Waals surface area contributed by atoms with Crippen LogP contribution in [0.15, 0.2) is 63.8 Å². The highest BCUT2D eigenvalue weighted by atomic mass is 79.9. The standard InChI is InChI=1S/C20H19BrN2O3.C3H8.C2H2/c1-13(2)22-23-11-16-15(9-6-10-17(16)21)19(18(23)20(24)25)26-12-14-7-4-3-5-8-14;1-3-2;1-2/h3-10H,11-12H2,1-2H3,(H,24,25);3H2,1-2H3;1-2H. The van der Waals surface area contributed by atoms with Gasteiger partial charge in [0.1, 0.15) is 6.61 Å². The summed E-state index contributed by atoms with van der Waals surface area (Å²) in [4.78, 5) is 12.0. The van der Waals surface area contributed by atoms with Crippen molar-refractivity contribution in [3.63, 3.8) is 0 Å². The molecule has 2 aromatic rings. The predicted molar refractivity (Wildman–Crippen MR) is 130 cm³/mol. The number of carboxylic acids is 1. The summed E-state index contributed by atoms with van der Waals surface area (Å²) in [6, 6.07) is 15.3. The van der Waals surface area contributed by atoms with Gasteiger partial charge in [0.2, 0.25) is 0 Å². The van der Waals surface area contributed by atoms with E-state index in [2.05, 4.69) is 47.7 Å². The van der Waals surface area contributed by atoms with Crippen molar-refractivity contribution in [1.29, 1.82) is 0 Å². The van der Waals surface area contributed by atoms with E-state index < -0.39 is 5.97 Å². The normalized spacial score (nSPS) is 11.8. The van der Waals surface area contributed by atoms with Crippen LogP contribution < -0.4 is 0 Å². The van der Waals surface area contributed by atoms with Gasteiger partial charge in [0.25, 0.3) is 0 Å². The molecule has 5 nitrogen and oxygen atoms in total. The van der Waals surface area contributed by atoms with E-state index in [0.717, 1.165) is 26.9 Å². The molecule has 0 spiro atoms. The molecule has 0 amide bonds. The van der Waals surface area contributed by atoms with E-state index >= 15 is 0 Å². The molecule has 0 aromatic heterocycles. The molecule has 1 aliphatic heterocycles. The Morgan fingerprint density at radius 3 is 2.29 bits per heavy atom. The lowest BCUT2D eigenvalue weighted by Gasteiger charge is -2.30. The monoisotopic (exact) mass is 484 g/mol. The number of rotatable bonds is 5. The number of halogens is 1. The summed E-state index contributed by atoms with van der Waals surface area (Å²) in [6.07, 6.45) is 9.25. The Morgan fingerprint density at radius 1 is 1.13 bits per heavy atom. The molecule has 1 N–H and O–H groups in total. The van der Waals surface area contributed by atoms with E-state index in [-0.39, 0.29) is 12.3 Å². The van der Waals surface area contributed by atoms with E-state index in [1.807, 2.05) is 62.4 Å². The van der Waals surface area contributed by atoms with Crippen LogP contribution in [0, 0.1) is 12.8 Å². The van der Waals surface area contributed by atoms with Crippen LogP contribution in [0.3, 0.4) is 0 Å². The summed E-state index contributed by atoms with van der Waals surface area (Å²) in [5.41, 5.74) is 3.50. The van der Waals surface area contributed by atoms with Gasteiger partial charge in [0.05, 0.1) is 6.54 Å². The van der Waals surface area contributed by atoms with Crippen LogP contribution in [0.1, 0.15) is 50.8 Å². The number of hydrogen-bond acceptors (Lipinski definition) is 4. The number of carboxylic acid groups (broad SMARTS) is 1. The Balaban J connectivity index is 0.000000884. The van der Waals surface area contributed by atoms with Gasteiger partial charge < -0.3 is 9.84 Å². The maximum absolute atomic E-state index is 12.0. The van der Waals surface area contributed by atoms with Gasteiger partial charge in [-0.3, -0.25) is 5.01 Å². The third-order valence-corrected chi connectivity index (χ3v) is 4.64. The first-order valence-corrected chi connectivity index (χ1v) is 10.7. The van der Waals surface area contributed by atoms with Crippen molar-refractivity contribution in [3.8, 4) is 12.8 Å². The molecule has 3 rings (SSSR count). The summed E-state index contributed by atoms with van der Waals surface area (Å²) in [7, 11) is 0. The van der Waals surface area contributed by atoms with Crippen molar-refractivity contribution in [3.05, 3.63) is 75.4 Å². The number of aliphatic carboxylic acids is 1. The highest BCUT2D eigenvalue weighted by Crippen LogP contribution is 2.37. The minimum absolute atomic E-state index is 0.0488. The van der Waals surface area contributed by atoms with Gasteiger partial charge in [-0.05, 0) is 31.0 Å². The number of hydrogen-bond donors (Lipinski definition) is 1. The number of hydrazone groups is 1. The number of nitrogens with zero attached hydrogens (tertiary/aromatic N) is 2. The van der Waals surface area contributed by atoms with Gasteiger partial charge in [0, 0.05) is 15.7 Å². The van der Waals surface area contributed by atoms with E-state index in [1.54, 1.807) is 0 Å². The first kappa shape index (κ1) is 26.0. The van der Waals surface area contributed by atoms with Gasteiger partial charge in [-0.25, -0.2) is 4.79 Å². The second-order valence-electron chi connectivity index (χ2n) is 6.84. The van der Waals surface area contributed by atoms with Crippen molar-refractivity contribution in [2.45, 2.75) is 47.3 Å². The number of fused-ring (bicyclic) bond motifs is 1. The average Bonchev–Trinajstić information content (AvgIpc) is 2.74. The molecule has 1 heterocycles. The minimum Gasteiger partial charge on any atom is -0.486 e. The second-order valence-corrected chi connectivity index (χ2v) is 7.69. The lowest BCUT2D eigenvalue weighted by atomic mass is 10.00. The molecule has 0 saturated carbocycles. The highest BCUT2D eigenvalue weighted by molar-refractivity contribution is 9.10. The molecule has 0 saturated heterocycles. The first-order chi connectivity index (χ1) is 14.9. The predicted octanol–water partition coefficient (Wildman–Crippen LogP) is 6.30. The summed E-state index contributed by atoms with van der Waals surface area (Å²) in [5.74, 6) is -0.738. The number of carbonyl (C=O) groups is 1. The summed E-state index contributed by atoms with van der Waals surface area (Å²) >= 11 is 3.56. The van der Waals surface area contributed by atoms with Crippen molar-refractivity contribution in [2.75, 3.05) is 0 Å². The topological polar surface area (TPSA) is 62.1 Å². The SMILES string of the molecule is C#C.CC(C)=NN1Cc2c(Br)cccc2C(OCc2ccccc2)=C1C(=O)O.CCC. The molecule has 0 aliphatic carbocycles. The molecule has 0 atom stereocenters. The molecule has 31 heavy (non-hydrogen) atoms. The Kier molecular flexibility index (Phi) is 11.2. The van der Waals surface area contributed by atoms with Crippen LogP contribution in [0.2, 0.25) is 0 Å². The fourth-order valence-electron chi connectivity index (χ4n) is 2.82. The third-order valence-electron chi connectivity index (χ3n) is 3.89. The first-order valence-electron chi connectivity index (χ1n) is 9.93. The zero-order valence-corrected chi connectivity index (χ0v) is 20.0. The minimum atomic E-state index is -1.07. The van der Waals surface area contributed by atoms with Crippen LogP contribution in [-0.2, 0) is 22.7 Å². The lowest BCUT2D eigenvalue weighted by Crippen LogP contribution is -2.29. The van der Waals surface area contributed by atoms with Gasteiger partial charge in [-0.15, -0.1) is 12.8 Å². The third kappa shape index (κ3) is 7.30. The maximum atomic E-state index is 12.0. The van der Waals surface area contributed by atoms with Gasteiger partial charge in [0.15, 0.2) is 11.5 Å². The zero-order chi connectivity index (χ0) is 23.4. The Hall–Kier alpha value is -3.04.